The SMILES string of the molecule is CC1(C)OB(c2ccc(C[C@H](NC(=O)c3cc(C(F)(F)F)cc(C(F)(F)F)c3)C(=O)O)cc2)OC1(C)C. The predicted molar refractivity (Wildman–Crippen MR) is 121 cm³/mol. The Labute approximate surface area is 209 Å². The van der Waals surface area contributed by atoms with E-state index < -0.39 is 65.3 Å². The maximum atomic E-state index is 13.1. The van der Waals surface area contributed by atoms with Gasteiger partial charge in [-0.3, -0.25) is 4.79 Å². The Morgan fingerprint density at radius 1 is 0.892 bits per heavy atom. The van der Waals surface area contributed by atoms with Crippen molar-refractivity contribution in [2.45, 2.75) is 63.7 Å². The molecule has 37 heavy (non-hydrogen) atoms. The van der Waals surface area contributed by atoms with E-state index >= 15 is 0 Å². The Kier molecular flexibility index (Phi) is 7.46. The van der Waals surface area contributed by atoms with Crippen LogP contribution in [0.25, 0.3) is 0 Å². The van der Waals surface area contributed by atoms with Gasteiger partial charge in [0.25, 0.3) is 5.91 Å². The highest BCUT2D eigenvalue weighted by Gasteiger charge is 2.51. The van der Waals surface area contributed by atoms with Crippen LogP contribution in [0.4, 0.5) is 26.3 Å². The lowest BCUT2D eigenvalue weighted by Crippen LogP contribution is -2.42. The first-order valence-electron chi connectivity index (χ1n) is 11.1. The highest BCUT2D eigenvalue weighted by atomic mass is 19.4. The third-order valence-electron chi connectivity index (χ3n) is 6.40. The van der Waals surface area contributed by atoms with Crippen LogP contribution < -0.4 is 10.8 Å². The monoisotopic (exact) mass is 531 g/mol. The van der Waals surface area contributed by atoms with Gasteiger partial charge in [-0.1, -0.05) is 24.3 Å². The molecule has 2 aromatic carbocycles. The molecule has 13 heteroatoms. The lowest BCUT2D eigenvalue weighted by Gasteiger charge is -2.32. The van der Waals surface area contributed by atoms with E-state index in [0.717, 1.165) is 0 Å². The molecule has 1 aliphatic rings. The molecular formula is C24H24BF6NO5. The minimum absolute atomic E-state index is 0.118. The molecule has 0 saturated carbocycles. The molecule has 1 atom stereocenters. The van der Waals surface area contributed by atoms with Crippen molar-refractivity contribution in [1.82, 2.24) is 5.32 Å². The number of carboxylic acid groups (broad SMARTS) is 1. The van der Waals surface area contributed by atoms with E-state index in [9.17, 15) is 41.0 Å². The van der Waals surface area contributed by atoms with Crippen LogP contribution in [0.5, 0.6) is 0 Å². The largest absolute Gasteiger partial charge is 0.494 e. The third kappa shape index (κ3) is 6.45. The van der Waals surface area contributed by atoms with Gasteiger partial charge in [-0.2, -0.15) is 26.3 Å². The fourth-order valence-corrected chi connectivity index (χ4v) is 3.55. The average Bonchev–Trinajstić information content (AvgIpc) is 2.99. The molecule has 0 unspecified atom stereocenters. The number of alkyl halides is 6. The molecule has 6 nitrogen and oxygen atoms in total. The van der Waals surface area contributed by atoms with Gasteiger partial charge in [0.2, 0.25) is 0 Å². The van der Waals surface area contributed by atoms with Crippen LogP contribution in [-0.2, 0) is 32.9 Å². The number of aliphatic carboxylic acids is 1. The predicted octanol–water partition coefficient (Wildman–Crippen LogP) is 4.45. The summed E-state index contributed by atoms with van der Waals surface area (Å²) in [5, 5.41) is 11.5. The summed E-state index contributed by atoms with van der Waals surface area (Å²) in [7, 11) is -0.669. The van der Waals surface area contributed by atoms with E-state index in [1.165, 1.54) is 0 Å². The van der Waals surface area contributed by atoms with Crippen LogP contribution in [0, 0.1) is 0 Å². The van der Waals surface area contributed by atoms with Gasteiger partial charge >= 0.3 is 25.4 Å². The normalized spacial score (nSPS) is 17.9. The number of carbonyl (C=O) groups is 2. The Hall–Kier alpha value is -3.06. The van der Waals surface area contributed by atoms with Crippen LogP contribution in [0.1, 0.15) is 54.7 Å². The van der Waals surface area contributed by atoms with Crippen molar-refractivity contribution >= 4 is 24.5 Å². The first kappa shape index (κ1) is 28.5. The highest BCUT2D eigenvalue weighted by Crippen LogP contribution is 2.37. The molecule has 0 bridgehead atoms. The Balaban J connectivity index is 1.78. The van der Waals surface area contributed by atoms with E-state index in [4.69, 9.17) is 9.31 Å². The van der Waals surface area contributed by atoms with Crippen LogP contribution >= 0.6 is 0 Å². The van der Waals surface area contributed by atoms with E-state index in [1.54, 1.807) is 24.3 Å². The van der Waals surface area contributed by atoms with Gasteiger partial charge in [0.15, 0.2) is 0 Å². The molecule has 200 valence electrons. The lowest BCUT2D eigenvalue weighted by atomic mass is 9.78. The average molecular weight is 531 g/mol. The van der Waals surface area contributed by atoms with Gasteiger partial charge in [-0.05, 0) is 56.9 Å². The summed E-state index contributed by atoms with van der Waals surface area (Å²) in [6, 6.07) is 5.14. The maximum absolute atomic E-state index is 13.1. The second-order valence-electron chi connectivity index (χ2n) is 9.69. The molecule has 0 aromatic heterocycles. The van der Waals surface area contributed by atoms with Gasteiger partial charge < -0.3 is 19.7 Å². The minimum atomic E-state index is -5.15. The molecular weight excluding hydrogens is 507 g/mol. The Morgan fingerprint density at radius 2 is 1.35 bits per heavy atom. The van der Waals surface area contributed by atoms with E-state index in [2.05, 4.69) is 0 Å². The number of benzene rings is 2. The van der Waals surface area contributed by atoms with Crippen LogP contribution in [-0.4, -0.2) is 41.3 Å². The second-order valence-corrected chi connectivity index (χ2v) is 9.69. The van der Waals surface area contributed by atoms with E-state index in [-0.39, 0.29) is 24.6 Å². The van der Waals surface area contributed by atoms with Gasteiger partial charge in [-0.15, -0.1) is 0 Å². The summed E-state index contributed by atoms with van der Waals surface area (Å²) in [6.07, 6.45) is -10.6. The zero-order chi connectivity index (χ0) is 28.0. The minimum Gasteiger partial charge on any atom is -0.480 e. The molecule has 2 aromatic rings. The van der Waals surface area contributed by atoms with Crippen molar-refractivity contribution in [2.75, 3.05) is 0 Å². The Bertz CT molecular complexity index is 1130. The van der Waals surface area contributed by atoms with Crippen LogP contribution in [0.2, 0.25) is 0 Å². The summed E-state index contributed by atoms with van der Waals surface area (Å²) in [5.41, 5.74) is -4.40. The molecule has 1 heterocycles. The number of halogens is 6. The summed E-state index contributed by atoms with van der Waals surface area (Å²) in [4.78, 5) is 24.2. The molecule has 0 spiro atoms. The van der Waals surface area contributed by atoms with Crippen molar-refractivity contribution in [3.05, 3.63) is 64.7 Å². The number of carboxylic acids is 1. The number of amides is 1. The van der Waals surface area contributed by atoms with Crippen molar-refractivity contribution in [3.8, 4) is 0 Å². The summed E-state index contributed by atoms with van der Waals surface area (Å²) in [5.74, 6) is -2.91. The van der Waals surface area contributed by atoms with Gasteiger partial charge in [0, 0.05) is 12.0 Å². The van der Waals surface area contributed by atoms with E-state index in [1.807, 2.05) is 33.0 Å². The molecule has 1 fully saturated rings. The molecule has 1 saturated heterocycles. The zero-order valence-corrected chi connectivity index (χ0v) is 20.3. The number of hydrogen-bond acceptors (Lipinski definition) is 4. The first-order chi connectivity index (χ1) is 16.8. The van der Waals surface area contributed by atoms with Crippen molar-refractivity contribution < 1.29 is 50.3 Å². The van der Waals surface area contributed by atoms with E-state index in [0.29, 0.717) is 11.0 Å². The second kappa shape index (κ2) is 9.68. The van der Waals surface area contributed by atoms with Gasteiger partial charge in [0.1, 0.15) is 6.04 Å². The molecule has 1 aliphatic heterocycles. The number of nitrogens with one attached hydrogen (secondary N) is 1. The summed E-state index contributed by atoms with van der Waals surface area (Å²) in [6.45, 7) is 7.51. The van der Waals surface area contributed by atoms with Crippen molar-refractivity contribution in [3.63, 3.8) is 0 Å². The number of rotatable bonds is 6. The van der Waals surface area contributed by atoms with Crippen LogP contribution in [0.3, 0.4) is 0 Å². The molecule has 2 N–H and O–H groups in total. The highest BCUT2D eigenvalue weighted by molar-refractivity contribution is 6.62. The first-order valence-corrected chi connectivity index (χ1v) is 11.1. The Morgan fingerprint density at radius 3 is 1.76 bits per heavy atom. The number of hydrogen-bond donors (Lipinski definition) is 2. The maximum Gasteiger partial charge on any atom is 0.494 e. The quantitative estimate of drug-likeness (QED) is 0.425. The van der Waals surface area contributed by atoms with Crippen molar-refractivity contribution in [1.29, 1.82) is 0 Å². The number of carbonyl (C=O) groups excluding carboxylic acids is 1. The lowest BCUT2D eigenvalue weighted by molar-refractivity contribution is -0.143. The van der Waals surface area contributed by atoms with Crippen molar-refractivity contribution in [2.24, 2.45) is 0 Å². The summed E-state index contributed by atoms with van der Waals surface area (Å²) < 4.78 is 90.5. The third-order valence-corrected chi connectivity index (χ3v) is 6.40. The van der Waals surface area contributed by atoms with Crippen LogP contribution in [0.15, 0.2) is 42.5 Å². The fraction of sp³-hybridized carbons (Fsp3) is 0.417. The molecule has 1 amide bonds. The smallest absolute Gasteiger partial charge is 0.480 e. The molecule has 0 radical (unpaired) electrons. The van der Waals surface area contributed by atoms with Gasteiger partial charge in [-0.25, -0.2) is 4.79 Å². The fourth-order valence-electron chi connectivity index (χ4n) is 3.55. The standard InChI is InChI=1S/C24H24BF6NO5/c1-21(2)22(3,4)37-25(36-21)17-7-5-13(6-8-17)9-18(20(34)35)32-19(33)14-10-15(23(26,27)28)12-16(11-14)24(29,30)31/h5-8,10-12,18H,9H2,1-4H3,(H,32,33)(H,34,35)/t18-/m0/s1. The zero-order valence-electron chi connectivity index (χ0n) is 20.3. The molecule has 3 rings (SSSR count). The summed E-state index contributed by atoms with van der Waals surface area (Å²) >= 11 is 0. The van der Waals surface area contributed by atoms with Gasteiger partial charge in [0.05, 0.1) is 22.3 Å². The topological polar surface area (TPSA) is 84.9 Å². The molecule has 0 aliphatic carbocycles.